The van der Waals surface area contributed by atoms with Crippen LogP contribution in [0.2, 0.25) is 0 Å². The standard InChI is InChI=1S/C16H22BrN5/c1-11-5-6-13(10-14(11)17)20-16-19-12(2)9-15(21-16)18-7-8-22(3)4/h5-6,9-10H,7-8H2,1-4H3,(H2,18,19,20,21). The van der Waals surface area contributed by atoms with Crippen molar-refractivity contribution in [2.24, 2.45) is 0 Å². The normalized spacial score (nSPS) is 10.8. The van der Waals surface area contributed by atoms with Crippen molar-refractivity contribution in [1.29, 1.82) is 0 Å². The van der Waals surface area contributed by atoms with Gasteiger partial charge in [-0.25, -0.2) is 4.98 Å². The van der Waals surface area contributed by atoms with Crippen molar-refractivity contribution in [1.82, 2.24) is 14.9 Å². The van der Waals surface area contributed by atoms with E-state index in [1.807, 2.05) is 25.1 Å². The van der Waals surface area contributed by atoms with Gasteiger partial charge in [-0.3, -0.25) is 0 Å². The molecule has 0 aliphatic heterocycles. The van der Waals surface area contributed by atoms with Gasteiger partial charge >= 0.3 is 0 Å². The number of likely N-dealkylation sites (N-methyl/N-ethyl adjacent to an activating group) is 1. The predicted octanol–water partition coefficient (Wildman–Crippen LogP) is 3.57. The highest BCUT2D eigenvalue weighted by Gasteiger charge is 2.04. The van der Waals surface area contributed by atoms with Crippen molar-refractivity contribution in [3.8, 4) is 0 Å². The molecule has 2 rings (SSSR count). The molecular formula is C16H22BrN5. The van der Waals surface area contributed by atoms with Gasteiger partial charge in [-0.05, 0) is 45.6 Å². The first-order valence-corrected chi connectivity index (χ1v) is 8.01. The molecule has 22 heavy (non-hydrogen) atoms. The third kappa shape index (κ3) is 4.96. The predicted molar refractivity (Wildman–Crippen MR) is 96.0 cm³/mol. The summed E-state index contributed by atoms with van der Waals surface area (Å²) in [6.45, 7) is 5.83. The number of aryl methyl sites for hydroxylation is 2. The van der Waals surface area contributed by atoms with Gasteiger partial charge in [-0.2, -0.15) is 4.98 Å². The lowest BCUT2D eigenvalue weighted by Gasteiger charge is -2.12. The maximum absolute atomic E-state index is 4.51. The van der Waals surface area contributed by atoms with Gasteiger partial charge in [0, 0.05) is 35.0 Å². The molecule has 0 amide bonds. The number of hydrogen-bond acceptors (Lipinski definition) is 5. The Balaban J connectivity index is 2.10. The van der Waals surface area contributed by atoms with Crippen LogP contribution in [0.3, 0.4) is 0 Å². The molecule has 2 aromatic rings. The quantitative estimate of drug-likeness (QED) is 0.821. The summed E-state index contributed by atoms with van der Waals surface area (Å²) in [4.78, 5) is 11.1. The molecule has 2 N–H and O–H groups in total. The molecule has 0 radical (unpaired) electrons. The van der Waals surface area contributed by atoms with Crippen LogP contribution in [0.1, 0.15) is 11.3 Å². The summed E-state index contributed by atoms with van der Waals surface area (Å²) in [6.07, 6.45) is 0. The molecule has 1 heterocycles. The number of hydrogen-bond donors (Lipinski definition) is 2. The fourth-order valence-corrected chi connectivity index (χ4v) is 2.30. The van der Waals surface area contributed by atoms with E-state index >= 15 is 0 Å². The van der Waals surface area contributed by atoms with Gasteiger partial charge in [0.05, 0.1) is 0 Å². The van der Waals surface area contributed by atoms with Gasteiger partial charge in [0.25, 0.3) is 0 Å². The number of benzene rings is 1. The largest absolute Gasteiger partial charge is 0.369 e. The molecule has 0 fully saturated rings. The summed E-state index contributed by atoms with van der Waals surface area (Å²) in [6, 6.07) is 8.05. The van der Waals surface area contributed by atoms with Crippen molar-refractivity contribution in [2.75, 3.05) is 37.8 Å². The summed E-state index contributed by atoms with van der Waals surface area (Å²) in [5.74, 6) is 1.44. The second-order valence-electron chi connectivity index (χ2n) is 5.54. The third-order valence-corrected chi connectivity index (χ3v) is 4.00. The fraction of sp³-hybridized carbons (Fsp3) is 0.375. The molecule has 0 saturated carbocycles. The zero-order chi connectivity index (χ0) is 16.1. The molecule has 0 unspecified atom stereocenters. The summed E-state index contributed by atoms with van der Waals surface area (Å²) in [5.41, 5.74) is 3.08. The number of aromatic nitrogens is 2. The molecule has 1 aromatic carbocycles. The molecule has 0 saturated heterocycles. The summed E-state index contributed by atoms with van der Waals surface area (Å²) < 4.78 is 1.06. The Hall–Kier alpha value is -1.66. The zero-order valence-electron chi connectivity index (χ0n) is 13.4. The van der Waals surface area contributed by atoms with Crippen LogP contribution in [0, 0.1) is 13.8 Å². The van der Waals surface area contributed by atoms with Gasteiger partial charge in [0.2, 0.25) is 5.95 Å². The SMILES string of the molecule is Cc1cc(NCCN(C)C)nc(Nc2ccc(C)c(Br)c2)n1. The van der Waals surface area contributed by atoms with Crippen molar-refractivity contribution < 1.29 is 0 Å². The Morgan fingerprint density at radius 2 is 1.91 bits per heavy atom. The lowest BCUT2D eigenvalue weighted by molar-refractivity contribution is 0.425. The van der Waals surface area contributed by atoms with Crippen LogP contribution in [-0.2, 0) is 0 Å². The van der Waals surface area contributed by atoms with Crippen LogP contribution in [0.15, 0.2) is 28.7 Å². The van der Waals surface area contributed by atoms with Crippen LogP contribution in [0.5, 0.6) is 0 Å². The van der Waals surface area contributed by atoms with E-state index in [0.717, 1.165) is 34.8 Å². The van der Waals surface area contributed by atoms with E-state index in [1.165, 1.54) is 5.56 Å². The number of nitrogens with zero attached hydrogens (tertiary/aromatic N) is 3. The van der Waals surface area contributed by atoms with Crippen LogP contribution in [0.4, 0.5) is 17.5 Å². The van der Waals surface area contributed by atoms with E-state index in [9.17, 15) is 0 Å². The highest BCUT2D eigenvalue weighted by Crippen LogP contribution is 2.23. The van der Waals surface area contributed by atoms with Gasteiger partial charge < -0.3 is 15.5 Å². The molecule has 5 nitrogen and oxygen atoms in total. The Labute approximate surface area is 140 Å². The fourth-order valence-electron chi connectivity index (χ4n) is 1.92. The molecule has 118 valence electrons. The lowest BCUT2D eigenvalue weighted by atomic mass is 10.2. The first-order chi connectivity index (χ1) is 10.4. The minimum atomic E-state index is 0.600. The second kappa shape index (κ2) is 7.56. The second-order valence-corrected chi connectivity index (χ2v) is 6.39. The van der Waals surface area contributed by atoms with Crippen molar-refractivity contribution >= 4 is 33.4 Å². The molecule has 0 spiro atoms. The summed E-state index contributed by atoms with van der Waals surface area (Å²) in [7, 11) is 4.10. The Bertz CT molecular complexity index is 642. The van der Waals surface area contributed by atoms with Gasteiger partial charge in [-0.1, -0.05) is 22.0 Å². The van der Waals surface area contributed by atoms with E-state index < -0.39 is 0 Å². The number of nitrogens with one attached hydrogen (secondary N) is 2. The first-order valence-electron chi connectivity index (χ1n) is 7.21. The van der Waals surface area contributed by atoms with E-state index in [0.29, 0.717) is 5.95 Å². The molecule has 0 atom stereocenters. The van der Waals surface area contributed by atoms with E-state index in [1.54, 1.807) is 0 Å². The topological polar surface area (TPSA) is 53.1 Å². The molecular weight excluding hydrogens is 342 g/mol. The first kappa shape index (κ1) is 16.7. The molecule has 1 aromatic heterocycles. The number of anilines is 3. The van der Waals surface area contributed by atoms with Gasteiger partial charge in [-0.15, -0.1) is 0 Å². The van der Waals surface area contributed by atoms with Gasteiger partial charge in [0.15, 0.2) is 0 Å². The number of halogens is 1. The smallest absolute Gasteiger partial charge is 0.229 e. The van der Waals surface area contributed by atoms with Crippen LogP contribution in [0.25, 0.3) is 0 Å². The summed E-state index contributed by atoms with van der Waals surface area (Å²) in [5, 5.41) is 6.57. The maximum Gasteiger partial charge on any atom is 0.229 e. The van der Waals surface area contributed by atoms with Crippen molar-refractivity contribution in [2.45, 2.75) is 13.8 Å². The minimum absolute atomic E-state index is 0.600. The molecule has 0 aliphatic carbocycles. The van der Waals surface area contributed by atoms with Crippen LogP contribution >= 0.6 is 15.9 Å². The third-order valence-electron chi connectivity index (χ3n) is 3.15. The van der Waals surface area contributed by atoms with E-state index in [-0.39, 0.29) is 0 Å². The Kier molecular flexibility index (Phi) is 5.74. The zero-order valence-corrected chi connectivity index (χ0v) is 15.0. The van der Waals surface area contributed by atoms with Gasteiger partial charge in [0.1, 0.15) is 5.82 Å². The van der Waals surface area contributed by atoms with Crippen molar-refractivity contribution in [3.63, 3.8) is 0 Å². The molecule has 0 aliphatic rings. The Morgan fingerprint density at radius 1 is 1.14 bits per heavy atom. The highest BCUT2D eigenvalue weighted by atomic mass is 79.9. The van der Waals surface area contributed by atoms with Crippen LogP contribution in [-0.4, -0.2) is 42.1 Å². The average Bonchev–Trinajstić information content (AvgIpc) is 2.42. The summed E-state index contributed by atoms with van der Waals surface area (Å²) >= 11 is 3.54. The van der Waals surface area contributed by atoms with E-state index in [4.69, 9.17) is 0 Å². The minimum Gasteiger partial charge on any atom is -0.369 e. The Morgan fingerprint density at radius 3 is 2.59 bits per heavy atom. The van der Waals surface area contributed by atoms with E-state index in [2.05, 4.69) is 68.5 Å². The monoisotopic (exact) mass is 363 g/mol. The molecule has 6 heteroatoms. The number of rotatable bonds is 6. The molecule has 0 bridgehead atoms. The maximum atomic E-state index is 4.51. The lowest BCUT2D eigenvalue weighted by Crippen LogP contribution is -2.21. The van der Waals surface area contributed by atoms with Crippen molar-refractivity contribution in [3.05, 3.63) is 40.0 Å². The highest BCUT2D eigenvalue weighted by molar-refractivity contribution is 9.10. The average molecular weight is 364 g/mol. The van der Waals surface area contributed by atoms with Crippen LogP contribution < -0.4 is 10.6 Å².